The Morgan fingerprint density at radius 2 is 2.00 bits per heavy atom. The average Bonchev–Trinajstić information content (AvgIpc) is 2.81. The van der Waals surface area contributed by atoms with Crippen molar-refractivity contribution in [3.63, 3.8) is 0 Å². The first-order chi connectivity index (χ1) is 9.38. The summed E-state index contributed by atoms with van der Waals surface area (Å²) in [4.78, 5) is 13.1. The Labute approximate surface area is 114 Å². The van der Waals surface area contributed by atoms with Gasteiger partial charge in [0.25, 0.3) is 0 Å². The maximum atomic E-state index is 12.6. The zero-order valence-corrected chi connectivity index (χ0v) is 11.1. The molecule has 0 aromatic carbocycles. The number of likely N-dealkylation sites (N-methyl/N-ethyl adjacent to an activating group) is 1. The van der Waals surface area contributed by atoms with Crippen LogP contribution in [0.2, 0.25) is 0 Å². The van der Waals surface area contributed by atoms with Crippen molar-refractivity contribution in [1.82, 2.24) is 19.5 Å². The minimum atomic E-state index is -4.46. The van der Waals surface area contributed by atoms with Gasteiger partial charge in [0.2, 0.25) is 5.95 Å². The number of alkyl halides is 3. The van der Waals surface area contributed by atoms with Crippen molar-refractivity contribution < 1.29 is 13.2 Å². The van der Waals surface area contributed by atoms with E-state index in [-0.39, 0.29) is 5.95 Å². The summed E-state index contributed by atoms with van der Waals surface area (Å²) in [5, 5.41) is 0. The molecule has 0 spiro atoms. The highest BCUT2D eigenvalue weighted by atomic mass is 19.4. The number of anilines is 1. The van der Waals surface area contributed by atoms with Gasteiger partial charge in [0.15, 0.2) is 0 Å². The number of hydrogen-bond donors (Lipinski definition) is 0. The third-order valence-electron chi connectivity index (χ3n) is 2.87. The molecule has 0 bridgehead atoms. The molecule has 8 heteroatoms. The van der Waals surface area contributed by atoms with Gasteiger partial charge < -0.3 is 9.47 Å². The van der Waals surface area contributed by atoms with Crippen molar-refractivity contribution in [3.8, 4) is 0 Å². The van der Waals surface area contributed by atoms with Crippen LogP contribution in [0.25, 0.3) is 0 Å². The number of hydrogen-bond acceptors (Lipinski definition) is 4. The summed E-state index contributed by atoms with van der Waals surface area (Å²) in [7, 11) is 1.65. The summed E-state index contributed by atoms with van der Waals surface area (Å²) >= 11 is 0. The number of aromatic nitrogens is 4. The Bertz CT molecular complexity index is 578. The topological polar surface area (TPSA) is 46.8 Å². The Morgan fingerprint density at radius 3 is 2.60 bits per heavy atom. The molecule has 0 saturated carbocycles. The largest absolute Gasteiger partial charge is 0.433 e. The fraction of sp³-hybridized carbons (Fsp3) is 0.417. The van der Waals surface area contributed by atoms with E-state index in [2.05, 4.69) is 15.0 Å². The molecular weight excluding hydrogens is 271 g/mol. The summed E-state index contributed by atoms with van der Waals surface area (Å²) in [6.45, 7) is 2.95. The lowest BCUT2D eigenvalue weighted by molar-refractivity contribution is -0.141. The second-order valence-electron chi connectivity index (χ2n) is 4.33. The van der Waals surface area contributed by atoms with Crippen molar-refractivity contribution in [1.29, 1.82) is 0 Å². The van der Waals surface area contributed by atoms with Gasteiger partial charge in [0.1, 0.15) is 11.5 Å². The highest BCUT2D eigenvalue weighted by Gasteiger charge is 2.33. The molecule has 0 N–H and O–H groups in total. The molecule has 0 amide bonds. The molecule has 108 valence electrons. The molecule has 2 aromatic rings. The second-order valence-corrected chi connectivity index (χ2v) is 4.33. The second kappa shape index (κ2) is 5.48. The zero-order valence-electron chi connectivity index (χ0n) is 11.1. The molecule has 0 aliphatic carbocycles. The van der Waals surface area contributed by atoms with Crippen LogP contribution in [0.1, 0.15) is 11.5 Å². The first kappa shape index (κ1) is 14.3. The Kier molecular flexibility index (Phi) is 3.91. The predicted molar refractivity (Wildman–Crippen MR) is 67.3 cm³/mol. The van der Waals surface area contributed by atoms with Gasteiger partial charge in [-0.2, -0.15) is 13.2 Å². The van der Waals surface area contributed by atoms with Gasteiger partial charge in [-0.05, 0) is 13.0 Å². The van der Waals surface area contributed by atoms with Gasteiger partial charge in [-0.3, -0.25) is 0 Å². The van der Waals surface area contributed by atoms with E-state index in [4.69, 9.17) is 0 Å². The lowest BCUT2D eigenvalue weighted by Crippen LogP contribution is -2.25. The molecular formula is C12H14F3N5. The van der Waals surface area contributed by atoms with E-state index >= 15 is 0 Å². The molecule has 0 radical (unpaired) electrons. The van der Waals surface area contributed by atoms with Crippen LogP contribution in [0.4, 0.5) is 19.1 Å². The minimum absolute atomic E-state index is 0.0533. The summed E-state index contributed by atoms with van der Waals surface area (Å²) in [5.41, 5.74) is -0.937. The van der Waals surface area contributed by atoms with Gasteiger partial charge in [0, 0.05) is 38.7 Å². The van der Waals surface area contributed by atoms with Crippen molar-refractivity contribution in [2.75, 3.05) is 18.5 Å². The van der Waals surface area contributed by atoms with Crippen LogP contribution < -0.4 is 4.90 Å². The molecule has 0 unspecified atom stereocenters. The SMILES string of the molecule is Cc1nccn1CCN(C)c1nccc(C(F)(F)F)n1. The Morgan fingerprint density at radius 1 is 1.25 bits per heavy atom. The molecule has 2 aromatic heterocycles. The number of rotatable bonds is 4. The van der Waals surface area contributed by atoms with E-state index in [9.17, 15) is 13.2 Å². The lowest BCUT2D eigenvalue weighted by atomic mass is 10.4. The minimum Gasteiger partial charge on any atom is -0.342 e. The number of halogens is 3. The van der Waals surface area contributed by atoms with Crippen molar-refractivity contribution in [3.05, 3.63) is 36.2 Å². The average molecular weight is 285 g/mol. The Hall–Kier alpha value is -2.12. The molecule has 0 atom stereocenters. The van der Waals surface area contributed by atoms with Crippen LogP contribution in [0.3, 0.4) is 0 Å². The van der Waals surface area contributed by atoms with E-state index in [1.165, 1.54) is 0 Å². The molecule has 2 heterocycles. The van der Waals surface area contributed by atoms with Crippen LogP contribution in [0, 0.1) is 6.92 Å². The first-order valence-corrected chi connectivity index (χ1v) is 5.97. The van der Waals surface area contributed by atoms with Gasteiger partial charge in [-0.1, -0.05) is 0 Å². The van der Waals surface area contributed by atoms with E-state index in [0.717, 1.165) is 18.1 Å². The van der Waals surface area contributed by atoms with E-state index in [1.807, 2.05) is 17.7 Å². The van der Waals surface area contributed by atoms with Crippen molar-refractivity contribution in [2.24, 2.45) is 0 Å². The van der Waals surface area contributed by atoms with Crippen LogP contribution >= 0.6 is 0 Å². The molecule has 5 nitrogen and oxygen atoms in total. The van der Waals surface area contributed by atoms with E-state index in [0.29, 0.717) is 13.1 Å². The van der Waals surface area contributed by atoms with Gasteiger partial charge in [-0.15, -0.1) is 0 Å². The quantitative estimate of drug-likeness (QED) is 0.863. The monoisotopic (exact) mass is 285 g/mol. The fourth-order valence-corrected chi connectivity index (χ4v) is 1.69. The number of nitrogens with zero attached hydrogens (tertiary/aromatic N) is 5. The van der Waals surface area contributed by atoms with Crippen LogP contribution in [-0.2, 0) is 12.7 Å². The summed E-state index contributed by atoms with van der Waals surface area (Å²) in [6, 6.07) is 0.858. The highest BCUT2D eigenvalue weighted by Crippen LogP contribution is 2.27. The van der Waals surface area contributed by atoms with Gasteiger partial charge in [-0.25, -0.2) is 15.0 Å². The van der Waals surface area contributed by atoms with Crippen LogP contribution in [0.15, 0.2) is 24.7 Å². The Balaban J connectivity index is 2.06. The smallest absolute Gasteiger partial charge is 0.342 e. The summed E-state index contributed by atoms with van der Waals surface area (Å²) in [6.07, 6.45) is 0.149. The highest BCUT2D eigenvalue weighted by molar-refractivity contribution is 5.29. The number of aryl methyl sites for hydroxylation is 1. The molecule has 2 rings (SSSR count). The van der Waals surface area contributed by atoms with Crippen molar-refractivity contribution in [2.45, 2.75) is 19.6 Å². The molecule has 0 aliphatic heterocycles. The molecule has 0 saturated heterocycles. The standard InChI is InChI=1S/C12H14F3N5/c1-9-16-5-6-20(9)8-7-19(2)11-17-4-3-10(18-11)12(13,14)15/h3-6H,7-8H2,1-2H3. The van der Waals surface area contributed by atoms with Gasteiger partial charge in [0.05, 0.1) is 0 Å². The maximum absolute atomic E-state index is 12.6. The first-order valence-electron chi connectivity index (χ1n) is 5.97. The fourth-order valence-electron chi connectivity index (χ4n) is 1.69. The zero-order chi connectivity index (χ0) is 14.8. The van der Waals surface area contributed by atoms with E-state index < -0.39 is 11.9 Å². The summed E-state index contributed by atoms with van der Waals surface area (Å²) < 4.78 is 39.6. The van der Waals surface area contributed by atoms with Gasteiger partial charge >= 0.3 is 6.18 Å². The molecule has 20 heavy (non-hydrogen) atoms. The maximum Gasteiger partial charge on any atom is 0.433 e. The third-order valence-corrected chi connectivity index (χ3v) is 2.87. The lowest BCUT2D eigenvalue weighted by Gasteiger charge is -2.18. The predicted octanol–water partition coefficient (Wildman–Crippen LogP) is 2.14. The third kappa shape index (κ3) is 3.25. The summed E-state index contributed by atoms with van der Waals surface area (Å²) in [5.74, 6) is 0.904. The van der Waals surface area contributed by atoms with Crippen LogP contribution in [-0.4, -0.2) is 33.1 Å². The normalized spacial score (nSPS) is 11.7. The van der Waals surface area contributed by atoms with Crippen molar-refractivity contribution >= 4 is 5.95 Å². The number of imidazole rings is 1. The molecule has 0 aliphatic rings. The van der Waals surface area contributed by atoms with E-state index in [1.54, 1.807) is 18.1 Å². The van der Waals surface area contributed by atoms with Crippen LogP contribution in [0.5, 0.6) is 0 Å². The molecule has 0 fully saturated rings.